The van der Waals surface area contributed by atoms with Gasteiger partial charge in [0.1, 0.15) is 0 Å². The maximum atomic E-state index is 4.15. The van der Waals surface area contributed by atoms with E-state index in [2.05, 4.69) is 55.7 Å². The zero-order valence-corrected chi connectivity index (χ0v) is 17.3. The molecule has 0 radical (unpaired) electrons. The van der Waals surface area contributed by atoms with E-state index in [1.807, 2.05) is 0 Å². The van der Waals surface area contributed by atoms with E-state index in [9.17, 15) is 0 Å². The van der Waals surface area contributed by atoms with Crippen molar-refractivity contribution in [3.05, 3.63) is 49.1 Å². The predicted molar refractivity (Wildman–Crippen MR) is 116 cm³/mol. The molecule has 2 N–H and O–H groups in total. The molecule has 3 heteroatoms. The Morgan fingerprint density at radius 1 is 0.962 bits per heavy atom. The molecule has 0 aliphatic carbocycles. The maximum Gasteiger partial charge on any atom is 0.0278 e. The molecule has 0 aromatic rings. The lowest BCUT2D eigenvalue weighted by Crippen LogP contribution is -2.21. The van der Waals surface area contributed by atoms with Gasteiger partial charge in [-0.1, -0.05) is 53.0 Å². The van der Waals surface area contributed by atoms with E-state index in [0.717, 1.165) is 56.9 Å². The molecular weight excluding hydrogens is 318 g/mol. The SMILES string of the molecule is C=C(CCCCCNC(=C)CCN1C(=C)CCC1=C)NCCC(C)CC. The molecule has 0 bridgehead atoms. The second-order valence-corrected chi connectivity index (χ2v) is 7.71. The monoisotopic (exact) mass is 359 g/mol. The summed E-state index contributed by atoms with van der Waals surface area (Å²) in [5.74, 6) is 0.802. The molecule has 1 aliphatic rings. The van der Waals surface area contributed by atoms with E-state index in [-0.39, 0.29) is 0 Å². The standard InChI is InChI=1S/C23H41N3/c1-7-19(2)14-17-25-20(3)11-9-8-10-16-24-21(4)15-18-26-22(5)12-13-23(26)6/h19,24-25H,3-18H2,1-2H3. The Bertz CT molecular complexity index is 462. The van der Waals surface area contributed by atoms with Gasteiger partial charge in [-0.2, -0.15) is 0 Å². The van der Waals surface area contributed by atoms with Gasteiger partial charge in [0.25, 0.3) is 0 Å². The van der Waals surface area contributed by atoms with E-state index in [4.69, 9.17) is 0 Å². The quantitative estimate of drug-likeness (QED) is 0.367. The maximum absolute atomic E-state index is 4.15. The number of allylic oxidation sites excluding steroid dienone is 3. The van der Waals surface area contributed by atoms with Gasteiger partial charge in [-0.15, -0.1) is 0 Å². The molecule has 0 amide bonds. The molecular formula is C23H41N3. The van der Waals surface area contributed by atoms with Gasteiger partial charge in [-0.3, -0.25) is 0 Å². The molecule has 1 saturated heterocycles. The van der Waals surface area contributed by atoms with Crippen LogP contribution in [-0.4, -0.2) is 24.5 Å². The number of nitrogens with one attached hydrogen (secondary N) is 2. The Morgan fingerprint density at radius 2 is 1.58 bits per heavy atom. The molecule has 1 rings (SSSR count). The summed E-state index contributed by atoms with van der Waals surface area (Å²) in [5.41, 5.74) is 4.70. The van der Waals surface area contributed by atoms with Gasteiger partial charge in [0, 0.05) is 48.8 Å². The summed E-state index contributed by atoms with van der Waals surface area (Å²) in [6.45, 7) is 24.1. The average molecular weight is 360 g/mol. The number of hydrogen-bond donors (Lipinski definition) is 2. The van der Waals surface area contributed by atoms with E-state index < -0.39 is 0 Å². The van der Waals surface area contributed by atoms with Crippen molar-refractivity contribution < 1.29 is 0 Å². The van der Waals surface area contributed by atoms with Gasteiger partial charge < -0.3 is 15.5 Å². The van der Waals surface area contributed by atoms with E-state index in [0.29, 0.717) is 0 Å². The van der Waals surface area contributed by atoms with Gasteiger partial charge >= 0.3 is 0 Å². The molecule has 0 saturated carbocycles. The highest BCUT2D eigenvalue weighted by Gasteiger charge is 2.18. The molecule has 1 aliphatic heterocycles. The molecule has 0 spiro atoms. The first-order chi connectivity index (χ1) is 12.4. The Hall–Kier alpha value is -1.64. The summed E-state index contributed by atoms with van der Waals surface area (Å²) in [6.07, 6.45) is 10.3. The summed E-state index contributed by atoms with van der Waals surface area (Å²) in [6, 6.07) is 0. The lowest BCUT2D eigenvalue weighted by atomic mass is 10.1. The van der Waals surface area contributed by atoms with E-state index in [1.54, 1.807) is 0 Å². The van der Waals surface area contributed by atoms with Crippen LogP contribution in [0.1, 0.15) is 71.6 Å². The van der Waals surface area contributed by atoms with Crippen molar-refractivity contribution >= 4 is 0 Å². The summed E-state index contributed by atoms with van der Waals surface area (Å²) >= 11 is 0. The summed E-state index contributed by atoms with van der Waals surface area (Å²) in [4.78, 5) is 2.24. The molecule has 1 atom stereocenters. The van der Waals surface area contributed by atoms with Gasteiger partial charge in [-0.05, 0) is 44.4 Å². The highest BCUT2D eigenvalue weighted by atomic mass is 15.2. The number of rotatable bonds is 15. The van der Waals surface area contributed by atoms with Gasteiger partial charge in [0.05, 0.1) is 0 Å². The molecule has 1 heterocycles. The third-order valence-corrected chi connectivity index (χ3v) is 5.34. The van der Waals surface area contributed by atoms with Crippen molar-refractivity contribution in [2.45, 2.75) is 71.6 Å². The Morgan fingerprint density at radius 3 is 2.23 bits per heavy atom. The molecule has 1 unspecified atom stereocenters. The number of unbranched alkanes of at least 4 members (excludes halogenated alkanes) is 2. The molecule has 0 aromatic carbocycles. The van der Waals surface area contributed by atoms with Crippen molar-refractivity contribution in [2.75, 3.05) is 19.6 Å². The van der Waals surface area contributed by atoms with Crippen LogP contribution < -0.4 is 10.6 Å². The molecule has 0 aromatic heterocycles. The van der Waals surface area contributed by atoms with Crippen molar-refractivity contribution in [3.8, 4) is 0 Å². The van der Waals surface area contributed by atoms with Gasteiger partial charge in [0.2, 0.25) is 0 Å². The topological polar surface area (TPSA) is 27.3 Å². The van der Waals surface area contributed by atoms with Gasteiger partial charge in [0.15, 0.2) is 0 Å². The van der Waals surface area contributed by atoms with Crippen LogP contribution in [0.15, 0.2) is 49.1 Å². The first-order valence-corrected chi connectivity index (χ1v) is 10.4. The lowest BCUT2D eigenvalue weighted by Gasteiger charge is -2.21. The molecule has 26 heavy (non-hydrogen) atoms. The highest BCUT2D eigenvalue weighted by Crippen LogP contribution is 2.28. The molecule has 1 fully saturated rings. The van der Waals surface area contributed by atoms with Crippen molar-refractivity contribution in [2.24, 2.45) is 5.92 Å². The third kappa shape index (κ3) is 9.17. The molecule has 148 valence electrons. The minimum Gasteiger partial charge on any atom is -0.389 e. The van der Waals surface area contributed by atoms with Crippen molar-refractivity contribution in [1.29, 1.82) is 0 Å². The summed E-state index contributed by atoms with van der Waals surface area (Å²) in [7, 11) is 0. The normalized spacial score (nSPS) is 15.2. The van der Waals surface area contributed by atoms with Crippen LogP contribution in [-0.2, 0) is 0 Å². The zero-order valence-electron chi connectivity index (χ0n) is 17.3. The van der Waals surface area contributed by atoms with Crippen LogP contribution in [0.5, 0.6) is 0 Å². The lowest BCUT2D eigenvalue weighted by molar-refractivity contribution is 0.455. The van der Waals surface area contributed by atoms with E-state index in [1.165, 1.54) is 49.2 Å². The van der Waals surface area contributed by atoms with Crippen LogP contribution in [0, 0.1) is 5.92 Å². The minimum absolute atomic E-state index is 0.802. The van der Waals surface area contributed by atoms with Crippen LogP contribution >= 0.6 is 0 Å². The van der Waals surface area contributed by atoms with Crippen LogP contribution in [0.3, 0.4) is 0 Å². The van der Waals surface area contributed by atoms with Crippen molar-refractivity contribution in [3.63, 3.8) is 0 Å². The Balaban J connectivity index is 1.96. The zero-order chi connectivity index (χ0) is 19.4. The number of likely N-dealkylation sites (tertiary alicyclic amines) is 1. The second-order valence-electron chi connectivity index (χ2n) is 7.71. The average Bonchev–Trinajstić information content (AvgIpc) is 2.94. The first-order valence-electron chi connectivity index (χ1n) is 10.4. The summed E-state index contributed by atoms with van der Waals surface area (Å²) in [5, 5.41) is 6.92. The number of hydrogen-bond acceptors (Lipinski definition) is 3. The van der Waals surface area contributed by atoms with Crippen LogP contribution in [0.4, 0.5) is 0 Å². The Labute approximate surface area is 162 Å². The van der Waals surface area contributed by atoms with Crippen LogP contribution in [0.2, 0.25) is 0 Å². The first kappa shape index (κ1) is 22.4. The predicted octanol–water partition coefficient (Wildman–Crippen LogP) is 5.70. The van der Waals surface area contributed by atoms with Gasteiger partial charge in [-0.25, -0.2) is 0 Å². The fourth-order valence-electron chi connectivity index (χ4n) is 3.13. The largest absolute Gasteiger partial charge is 0.389 e. The minimum atomic E-state index is 0.802. The highest BCUT2D eigenvalue weighted by molar-refractivity contribution is 5.16. The fourth-order valence-corrected chi connectivity index (χ4v) is 3.13. The fraction of sp³-hybridized carbons (Fsp3) is 0.652. The molecule has 3 nitrogen and oxygen atoms in total. The number of nitrogens with zero attached hydrogens (tertiary/aromatic N) is 1. The van der Waals surface area contributed by atoms with E-state index >= 15 is 0 Å². The Kier molecular flexibility index (Phi) is 10.9. The van der Waals surface area contributed by atoms with Crippen molar-refractivity contribution in [1.82, 2.24) is 15.5 Å². The van der Waals surface area contributed by atoms with Crippen LogP contribution in [0.25, 0.3) is 0 Å². The second kappa shape index (κ2) is 12.7. The smallest absolute Gasteiger partial charge is 0.0278 e. The third-order valence-electron chi connectivity index (χ3n) is 5.34. The summed E-state index contributed by atoms with van der Waals surface area (Å²) < 4.78 is 0.